The third-order valence-electron chi connectivity index (χ3n) is 5.81. The van der Waals surface area contributed by atoms with E-state index in [9.17, 15) is 14.9 Å². The summed E-state index contributed by atoms with van der Waals surface area (Å²) in [5.74, 6) is -0.721. The molecule has 1 unspecified atom stereocenters. The van der Waals surface area contributed by atoms with Crippen molar-refractivity contribution in [2.45, 2.75) is 31.9 Å². The molecule has 1 aliphatic rings. The molecule has 5 nitrogen and oxygen atoms in total. The second-order valence-corrected chi connectivity index (χ2v) is 9.82. The normalized spacial score (nSPS) is 16.7. The Labute approximate surface area is 214 Å². The highest BCUT2D eigenvalue weighted by Gasteiger charge is 2.40. The molecule has 1 atom stereocenters. The van der Waals surface area contributed by atoms with Gasteiger partial charge in [0.05, 0.1) is 5.25 Å². The lowest BCUT2D eigenvalue weighted by atomic mass is 10.1. The summed E-state index contributed by atoms with van der Waals surface area (Å²) in [4.78, 5) is 28.3. The Morgan fingerprint density at radius 3 is 2.49 bits per heavy atom. The molecule has 0 radical (unpaired) electrons. The molecule has 4 rings (SSSR count). The van der Waals surface area contributed by atoms with Crippen molar-refractivity contribution in [1.29, 1.82) is 5.26 Å². The van der Waals surface area contributed by atoms with Crippen LogP contribution in [0.2, 0.25) is 5.02 Å². The number of thioether (sulfide) groups is 1. The second-order valence-electron chi connectivity index (χ2n) is 8.20. The standard InChI is InChI=1S/C28H24ClN3O2S/c1-3-19-11-13-22(14-12-19)32-27(34)25(16-20-8-6-9-21(29)15-20)35-28(32)23(17-30)26(33)31-24-10-5-4-7-18(24)2/h4-15,25H,3,16H2,1-2H3,(H,31,33)/b28-23-. The molecule has 0 aromatic heterocycles. The maximum atomic E-state index is 13.6. The largest absolute Gasteiger partial charge is 0.321 e. The summed E-state index contributed by atoms with van der Waals surface area (Å²) in [6, 6.07) is 24.4. The molecule has 0 saturated carbocycles. The quantitative estimate of drug-likeness (QED) is 0.319. The third kappa shape index (κ3) is 5.43. The van der Waals surface area contributed by atoms with Crippen molar-refractivity contribution in [2.24, 2.45) is 0 Å². The van der Waals surface area contributed by atoms with Gasteiger partial charge in [-0.25, -0.2) is 0 Å². The van der Waals surface area contributed by atoms with E-state index in [2.05, 4.69) is 18.3 Å². The summed E-state index contributed by atoms with van der Waals surface area (Å²) in [6.07, 6.45) is 1.29. The topological polar surface area (TPSA) is 73.2 Å². The highest BCUT2D eigenvalue weighted by Crippen LogP contribution is 2.42. The molecule has 1 aliphatic heterocycles. The van der Waals surface area contributed by atoms with Gasteiger partial charge in [0.25, 0.3) is 5.91 Å². The van der Waals surface area contributed by atoms with Gasteiger partial charge in [-0.1, -0.05) is 72.8 Å². The lowest BCUT2D eigenvalue weighted by Gasteiger charge is -2.19. The van der Waals surface area contributed by atoms with Crippen LogP contribution >= 0.6 is 23.4 Å². The van der Waals surface area contributed by atoms with Crippen LogP contribution in [0.25, 0.3) is 0 Å². The van der Waals surface area contributed by atoms with Crippen molar-refractivity contribution >= 4 is 46.6 Å². The van der Waals surface area contributed by atoms with E-state index >= 15 is 0 Å². The van der Waals surface area contributed by atoms with E-state index in [0.29, 0.717) is 27.8 Å². The average molecular weight is 502 g/mol. The van der Waals surface area contributed by atoms with Crippen molar-refractivity contribution in [2.75, 3.05) is 10.2 Å². The lowest BCUT2D eigenvalue weighted by molar-refractivity contribution is -0.117. The summed E-state index contributed by atoms with van der Waals surface area (Å²) in [7, 11) is 0. The summed E-state index contributed by atoms with van der Waals surface area (Å²) in [5.41, 5.74) is 4.07. The first-order valence-electron chi connectivity index (χ1n) is 11.3. The van der Waals surface area contributed by atoms with Crippen LogP contribution in [0.5, 0.6) is 0 Å². The van der Waals surface area contributed by atoms with E-state index < -0.39 is 11.2 Å². The zero-order valence-electron chi connectivity index (χ0n) is 19.4. The van der Waals surface area contributed by atoms with Gasteiger partial charge in [-0.15, -0.1) is 0 Å². The highest BCUT2D eigenvalue weighted by atomic mass is 35.5. The van der Waals surface area contributed by atoms with Gasteiger partial charge >= 0.3 is 0 Å². The molecule has 35 heavy (non-hydrogen) atoms. The molecule has 1 fully saturated rings. The van der Waals surface area contributed by atoms with Gasteiger partial charge in [-0.2, -0.15) is 5.26 Å². The number of hydrogen-bond donors (Lipinski definition) is 1. The number of benzene rings is 3. The first-order chi connectivity index (χ1) is 16.9. The van der Waals surface area contributed by atoms with E-state index in [1.807, 2.05) is 67.6 Å². The van der Waals surface area contributed by atoms with Gasteiger partial charge in [-0.3, -0.25) is 14.5 Å². The number of nitrogens with one attached hydrogen (secondary N) is 1. The molecule has 3 aromatic carbocycles. The maximum Gasteiger partial charge on any atom is 0.269 e. The van der Waals surface area contributed by atoms with E-state index in [0.717, 1.165) is 23.1 Å². The number of aryl methyl sites for hydroxylation is 2. The number of hydrogen-bond acceptors (Lipinski definition) is 4. The predicted octanol–water partition coefficient (Wildman–Crippen LogP) is 6.28. The Bertz CT molecular complexity index is 1340. The van der Waals surface area contributed by atoms with Crippen molar-refractivity contribution in [3.05, 3.63) is 105 Å². The molecular weight excluding hydrogens is 478 g/mol. The number of carbonyl (C=O) groups excluding carboxylic acids is 2. The first kappa shape index (κ1) is 24.6. The Morgan fingerprint density at radius 2 is 1.83 bits per heavy atom. The minimum atomic E-state index is -0.546. The molecule has 176 valence electrons. The minimum absolute atomic E-state index is 0.0974. The van der Waals surface area contributed by atoms with Crippen LogP contribution in [0, 0.1) is 18.3 Å². The fourth-order valence-electron chi connectivity index (χ4n) is 3.88. The molecule has 1 saturated heterocycles. The number of carbonyl (C=O) groups is 2. The van der Waals surface area contributed by atoms with E-state index in [1.54, 1.807) is 12.1 Å². The average Bonchev–Trinajstić information content (AvgIpc) is 3.16. The van der Waals surface area contributed by atoms with Gasteiger partial charge in [0, 0.05) is 16.4 Å². The van der Waals surface area contributed by atoms with Gasteiger partial charge in [0.15, 0.2) is 0 Å². The molecule has 0 bridgehead atoms. The van der Waals surface area contributed by atoms with Crippen LogP contribution < -0.4 is 10.2 Å². The minimum Gasteiger partial charge on any atom is -0.321 e. The smallest absolute Gasteiger partial charge is 0.269 e. The number of halogens is 1. The molecule has 1 heterocycles. The number of nitrogens with zero attached hydrogens (tertiary/aromatic N) is 2. The fraction of sp³-hybridized carbons (Fsp3) is 0.179. The molecule has 7 heteroatoms. The second kappa shape index (κ2) is 10.8. The van der Waals surface area contributed by atoms with Crippen LogP contribution in [0.4, 0.5) is 11.4 Å². The first-order valence-corrected chi connectivity index (χ1v) is 12.5. The van der Waals surface area contributed by atoms with Crippen LogP contribution in [-0.2, 0) is 22.4 Å². The van der Waals surface area contributed by atoms with Crippen LogP contribution in [0.1, 0.15) is 23.6 Å². The molecule has 2 amide bonds. The third-order valence-corrected chi connectivity index (χ3v) is 7.31. The number of anilines is 2. The Balaban J connectivity index is 1.74. The van der Waals surface area contributed by atoms with Gasteiger partial charge in [0.2, 0.25) is 5.91 Å². The number of nitriles is 1. The molecule has 0 aliphatic carbocycles. The summed E-state index contributed by atoms with van der Waals surface area (Å²) in [5, 5.41) is 13.3. The molecular formula is C28H24ClN3O2S. The predicted molar refractivity (Wildman–Crippen MR) is 142 cm³/mol. The van der Waals surface area contributed by atoms with E-state index in [4.69, 9.17) is 11.6 Å². The lowest BCUT2D eigenvalue weighted by Crippen LogP contribution is -2.31. The summed E-state index contributed by atoms with van der Waals surface area (Å²) in [6.45, 7) is 3.94. The van der Waals surface area contributed by atoms with Crippen LogP contribution in [0.3, 0.4) is 0 Å². The van der Waals surface area contributed by atoms with E-state index in [-0.39, 0.29) is 11.5 Å². The van der Waals surface area contributed by atoms with Crippen molar-refractivity contribution in [3.63, 3.8) is 0 Å². The molecule has 0 spiro atoms. The summed E-state index contributed by atoms with van der Waals surface area (Å²) >= 11 is 7.38. The van der Waals surface area contributed by atoms with Crippen molar-refractivity contribution in [1.82, 2.24) is 0 Å². The van der Waals surface area contributed by atoms with Gasteiger partial charge < -0.3 is 5.32 Å². The SMILES string of the molecule is CCc1ccc(N2C(=O)C(Cc3cccc(Cl)c3)S/C2=C(/C#N)C(=O)Nc2ccccc2C)cc1. The monoisotopic (exact) mass is 501 g/mol. The molecule has 3 aromatic rings. The van der Waals surface area contributed by atoms with Gasteiger partial charge in [0.1, 0.15) is 16.7 Å². The number of rotatable bonds is 6. The van der Waals surface area contributed by atoms with Crippen LogP contribution in [-0.4, -0.2) is 17.1 Å². The fourth-order valence-corrected chi connectivity index (χ4v) is 5.40. The summed E-state index contributed by atoms with van der Waals surface area (Å²) < 4.78 is 0. The van der Waals surface area contributed by atoms with Crippen LogP contribution in [0.15, 0.2) is 83.4 Å². The maximum absolute atomic E-state index is 13.6. The Hall–Kier alpha value is -3.53. The molecule has 1 N–H and O–H groups in total. The van der Waals surface area contributed by atoms with E-state index in [1.165, 1.54) is 16.7 Å². The zero-order chi connectivity index (χ0) is 24.9. The van der Waals surface area contributed by atoms with Crippen molar-refractivity contribution in [3.8, 4) is 6.07 Å². The van der Waals surface area contributed by atoms with Gasteiger partial charge in [-0.05, 0) is 66.8 Å². The Morgan fingerprint density at radius 1 is 1.09 bits per heavy atom. The highest BCUT2D eigenvalue weighted by molar-refractivity contribution is 8.05. The number of amides is 2. The number of para-hydroxylation sites is 1. The Kier molecular flexibility index (Phi) is 7.60. The van der Waals surface area contributed by atoms with Crippen molar-refractivity contribution < 1.29 is 9.59 Å². The zero-order valence-corrected chi connectivity index (χ0v) is 21.0.